The van der Waals surface area contributed by atoms with Gasteiger partial charge >= 0.3 is 22.7 Å². The molecule has 26 rings (SSSR count). The van der Waals surface area contributed by atoms with Gasteiger partial charge in [-0.25, -0.2) is 0 Å². The van der Waals surface area contributed by atoms with Gasteiger partial charge in [0.05, 0.1) is 76.8 Å². The molecule has 8 aliphatic heterocycles. The van der Waals surface area contributed by atoms with E-state index in [2.05, 4.69) is 547 Å². The molecule has 4 atom stereocenters. The molecule has 139 heavy (non-hydrogen) atoms. The number of fused-ring (bicyclic) bond motifs is 40. The van der Waals surface area contributed by atoms with Crippen LogP contribution in [0.1, 0.15) is 100 Å². The standard InChI is InChI=1S/C33H30N2Si.C32H28N2Si.C32H36N2Si.C30H32N2Si/c1-23-20-31-27-21-25(24-12-6-5-7-13-24)17-18-29(27)33(35(31)22-32(23)36(2,3)4)28-15-9-8-14-26(28)30-16-10-11-19-34(30)33;1-35(2,3)31-22-34-30(21-26(31)23-13-5-4-6-14-23)25-16-8-10-18-28(25)32(34)27-17-9-7-15-24(27)29-19-11-12-20-33(29)32;1-21(2)16-24-19-29-26-18-22(3)17-23(4)31(26)32(34(29)20-30(24)35(5,6)7)27-13-9-8-12-25(27)28-14-10-11-15-33(28)32;1-21(2)18-22-19-28-24-13-7-9-15-26(24)30(32(28)20-29(22)33(3,4)5)25-14-8-6-12-23(25)27-16-10-11-17-31(27)30/h5-22H,1-4H3;4-22H,1-3H3;8-15,17-21H,16H2,1-7H3;6-17,19-21H,18H2,1-5H3/q4*+2. The van der Waals surface area contributed by atoms with E-state index < -0.39 is 49.3 Å². The van der Waals surface area contributed by atoms with E-state index in [1.807, 2.05) is 0 Å². The Kier molecular flexibility index (Phi) is 21.0. The second kappa shape index (κ2) is 32.7. The van der Waals surface area contributed by atoms with Crippen molar-refractivity contribution >= 4 is 53.0 Å². The van der Waals surface area contributed by atoms with Crippen molar-refractivity contribution < 1.29 is 36.5 Å². The van der Waals surface area contributed by atoms with Crippen LogP contribution in [0.15, 0.2) is 383 Å². The van der Waals surface area contributed by atoms with Crippen molar-refractivity contribution in [2.75, 3.05) is 0 Å². The minimum Gasteiger partial charge on any atom is -0.126 e. The molecular weight excluding hydrogens is 1750 g/mol. The summed E-state index contributed by atoms with van der Waals surface area (Å²) >= 11 is 0. The molecule has 8 aliphatic rings. The number of benzene rings is 10. The quantitative estimate of drug-likeness (QED) is 0.0965. The summed E-state index contributed by atoms with van der Waals surface area (Å²) in [6.45, 7) is 45.9. The molecular formula is C127H126N8Si4+8. The second-order valence-electron chi connectivity index (χ2n) is 44.9. The van der Waals surface area contributed by atoms with E-state index >= 15 is 0 Å². The average molecular weight is 1880 g/mol. The van der Waals surface area contributed by atoms with E-state index in [0.717, 1.165) is 12.8 Å². The van der Waals surface area contributed by atoms with Crippen molar-refractivity contribution in [3.8, 4) is 112 Å². The lowest BCUT2D eigenvalue weighted by molar-refractivity contribution is -0.955. The SMILES string of the molecule is CC(C)Cc1cc2[n+](cc1[Si](C)(C)C)C1(c3ccccc3-c3cccc[n+]31)c1ccccc1-2.C[Si](C)(C)c1c[n+]2c(cc1-c1ccccc1)-c1ccccc1C21c2ccccc2-c2cccc[n+]21.Cc1cc(C)c2c(c1)-c1cc(CC(C)C)c([Si](C)(C)C)c[n+]1C21c2ccccc2-c2cccc[n+]21.Cc1cc2[n+](cc1[Si](C)(C)C)C1(c3ccccc3-c3cccc[n+]31)c1ccc(-c3ccccc3)cc1-2. The highest BCUT2D eigenvalue weighted by atomic mass is 28.3. The number of hydrogen-bond acceptors (Lipinski definition) is 0. The van der Waals surface area contributed by atoms with Crippen molar-refractivity contribution in [1.82, 2.24) is 0 Å². The van der Waals surface area contributed by atoms with E-state index in [9.17, 15) is 0 Å². The first-order chi connectivity index (χ1) is 66.9. The van der Waals surface area contributed by atoms with E-state index in [0.29, 0.717) is 11.8 Å². The zero-order chi connectivity index (χ0) is 96.1. The van der Waals surface area contributed by atoms with Crippen molar-refractivity contribution in [1.29, 1.82) is 0 Å². The van der Waals surface area contributed by atoms with Crippen LogP contribution in [-0.4, -0.2) is 32.3 Å². The maximum Gasteiger partial charge on any atom is 0.417 e. The lowest BCUT2D eigenvalue weighted by Gasteiger charge is -2.23. The van der Waals surface area contributed by atoms with Crippen LogP contribution in [0.5, 0.6) is 0 Å². The highest BCUT2D eigenvalue weighted by Gasteiger charge is 2.72. The van der Waals surface area contributed by atoms with Gasteiger partial charge in [-0.3, -0.25) is 0 Å². The molecule has 8 aromatic heterocycles. The average Bonchev–Trinajstić information content (AvgIpc) is 1.52. The van der Waals surface area contributed by atoms with E-state index in [4.69, 9.17) is 0 Å². The van der Waals surface area contributed by atoms with Gasteiger partial charge in [-0.1, -0.05) is 252 Å². The predicted molar refractivity (Wildman–Crippen MR) is 577 cm³/mol. The van der Waals surface area contributed by atoms with Crippen molar-refractivity contribution in [3.05, 3.63) is 456 Å². The van der Waals surface area contributed by atoms with Crippen LogP contribution in [0.25, 0.3) is 112 Å². The third kappa shape index (κ3) is 13.3. The molecule has 0 radical (unpaired) electrons. The zero-order valence-corrected chi connectivity index (χ0v) is 88.0. The zero-order valence-electron chi connectivity index (χ0n) is 84.0. The van der Waals surface area contributed by atoms with Gasteiger partial charge in [-0.05, 0) is 211 Å². The molecule has 18 aromatic rings. The highest BCUT2D eigenvalue weighted by molar-refractivity contribution is 6.90. The molecule has 0 saturated carbocycles. The Hall–Kier alpha value is -13.7. The Balaban J connectivity index is 0.000000104. The summed E-state index contributed by atoms with van der Waals surface area (Å²) in [6, 6.07) is 124. The first-order valence-corrected chi connectivity index (χ1v) is 64.3. The van der Waals surface area contributed by atoms with E-state index in [1.54, 1.807) is 10.4 Å². The van der Waals surface area contributed by atoms with Crippen LogP contribution in [0.2, 0.25) is 78.6 Å². The Labute approximate surface area is 825 Å². The fourth-order valence-corrected chi connectivity index (χ4v) is 32.2. The lowest BCUT2D eigenvalue weighted by Crippen LogP contribution is -2.72. The highest BCUT2D eigenvalue weighted by Crippen LogP contribution is 2.54. The molecule has 0 saturated heterocycles. The van der Waals surface area contributed by atoms with Crippen molar-refractivity contribution in [2.24, 2.45) is 11.8 Å². The first-order valence-electron chi connectivity index (χ1n) is 50.3. The van der Waals surface area contributed by atoms with E-state index in [1.165, 1.54) is 195 Å². The van der Waals surface area contributed by atoms with Gasteiger partial charge in [-0.15, -0.1) is 36.5 Å². The first kappa shape index (κ1) is 89.2. The van der Waals surface area contributed by atoms with Crippen LogP contribution < -0.4 is 57.3 Å². The van der Waals surface area contributed by atoms with Crippen LogP contribution >= 0.6 is 0 Å². The number of nitrogens with zero attached hydrogens (tertiary/aromatic N) is 8. The van der Waals surface area contributed by atoms with Gasteiger partial charge in [0, 0.05) is 93.5 Å². The fourth-order valence-electron chi connectivity index (χ4n) is 25.5. The number of hydrogen-bond donors (Lipinski definition) is 0. The maximum absolute atomic E-state index is 2.64. The molecule has 0 aliphatic carbocycles. The summed E-state index contributed by atoms with van der Waals surface area (Å²) in [4.78, 5) is 0. The van der Waals surface area contributed by atoms with Gasteiger partial charge in [-0.2, -0.15) is 0 Å². The molecule has 12 heteroatoms. The summed E-state index contributed by atoms with van der Waals surface area (Å²) in [5.74, 6) is 1.26. The molecule has 4 spiro atoms. The van der Waals surface area contributed by atoms with Crippen molar-refractivity contribution in [2.45, 2.75) is 163 Å². The molecule has 8 nitrogen and oxygen atoms in total. The molecule has 682 valence electrons. The largest absolute Gasteiger partial charge is 0.417 e. The molecule has 16 heterocycles. The minimum absolute atomic E-state index is 0.385. The topological polar surface area (TPSA) is 31.0 Å². The van der Waals surface area contributed by atoms with E-state index in [-0.39, 0.29) is 5.66 Å². The molecule has 0 fully saturated rings. The van der Waals surface area contributed by atoms with Gasteiger partial charge in [0.2, 0.25) is 45.6 Å². The van der Waals surface area contributed by atoms with Crippen molar-refractivity contribution in [3.63, 3.8) is 0 Å². The third-order valence-corrected chi connectivity index (χ3v) is 39.2. The number of aromatic nitrogens is 8. The summed E-state index contributed by atoms with van der Waals surface area (Å²) < 4.78 is 20.4. The Morgan fingerprint density at radius 1 is 0.216 bits per heavy atom. The van der Waals surface area contributed by atoms with Gasteiger partial charge < -0.3 is 0 Å². The molecule has 10 aromatic carbocycles. The summed E-state index contributed by atoms with van der Waals surface area (Å²) in [5.41, 5.74) is 42.6. The maximum atomic E-state index is 2.64. The van der Waals surface area contributed by atoms with Gasteiger partial charge in [0.1, 0.15) is 44.5 Å². The van der Waals surface area contributed by atoms with Crippen LogP contribution in [0.3, 0.4) is 0 Å². The summed E-state index contributed by atoms with van der Waals surface area (Å²) in [6.07, 6.45) is 21.4. The Bertz CT molecular complexity index is 7940. The number of pyridine rings is 8. The Morgan fingerprint density at radius 2 is 0.518 bits per heavy atom. The summed E-state index contributed by atoms with van der Waals surface area (Å²) in [7, 11) is -6.42. The van der Waals surface area contributed by atoms with Crippen LogP contribution in [0.4, 0.5) is 0 Å². The molecule has 0 amide bonds. The smallest absolute Gasteiger partial charge is 0.126 e. The predicted octanol–water partition coefficient (Wildman–Crippen LogP) is 22.9. The molecule has 0 bridgehead atoms. The van der Waals surface area contributed by atoms with Gasteiger partial charge in [0.25, 0.3) is 0 Å². The normalized spacial score (nSPS) is 17.3. The van der Waals surface area contributed by atoms with Gasteiger partial charge in [0.15, 0.2) is 49.6 Å². The second-order valence-corrected chi connectivity index (χ2v) is 65.0. The lowest BCUT2D eigenvalue weighted by atomic mass is 9.86. The van der Waals surface area contributed by atoms with Crippen LogP contribution in [0, 0.1) is 32.6 Å². The fraction of sp³-hybridized carbons (Fsp3) is 0.213. The van der Waals surface area contributed by atoms with Crippen LogP contribution in [-0.2, 0) is 35.5 Å². The number of aryl methyl sites for hydroxylation is 3. The Morgan fingerprint density at radius 3 is 0.906 bits per heavy atom. The molecule has 0 N–H and O–H groups in total. The third-order valence-electron chi connectivity index (χ3n) is 30.9. The minimum atomic E-state index is -1.69. The monoisotopic (exact) mass is 1870 g/mol. The summed E-state index contributed by atoms with van der Waals surface area (Å²) in [5, 5.41) is 6.17. The molecule has 4 unspecified atom stereocenters. The number of rotatable bonds is 10.